The van der Waals surface area contributed by atoms with Crippen molar-refractivity contribution in [1.29, 1.82) is 5.26 Å². The van der Waals surface area contributed by atoms with Gasteiger partial charge in [-0.2, -0.15) is 5.26 Å². The lowest BCUT2D eigenvalue weighted by Gasteiger charge is -2.27. The molecule has 0 aliphatic heterocycles. The zero-order chi connectivity index (χ0) is 25.8. The monoisotopic (exact) mass is 487 g/mol. The number of rotatable bonds is 13. The Balaban J connectivity index is 1.45. The highest BCUT2D eigenvalue weighted by molar-refractivity contribution is 5.76. The maximum absolute atomic E-state index is 12.9. The second kappa shape index (κ2) is 14.8. The molecule has 0 bridgehead atoms. The molecular formula is C33H45NO2. The number of hydrogen-bond donors (Lipinski definition) is 0. The Morgan fingerprint density at radius 3 is 2.25 bits per heavy atom. The van der Waals surface area contributed by atoms with E-state index in [1.165, 1.54) is 56.1 Å². The molecule has 3 heteroatoms. The van der Waals surface area contributed by atoms with Gasteiger partial charge >= 0.3 is 5.97 Å². The van der Waals surface area contributed by atoms with Crippen LogP contribution in [-0.2, 0) is 17.6 Å². The third kappa shape index (κ3) is 8.81. The molecule has 1 aliphatic rings. The number of nitriles is 1. The van der Waals surface area contributed by atoms with Gasteiger partial charge in [-0.1, -0.05) is 83.2 Å². The van der Waals surface area contributed by atoms with Crippen molar-refractivity contribution in [1.82, 2.24) is 0 Å². The molecule has 0 unspecified atom stereocenters. The van der Waals surface area contributed by atoms with Gasteiger partial charge < -0.3 is 4.74 Å². The van der Waals surface area contributed by atoms with E-state index in [1.54, 1.807) is 6.07 Å². The van der Waals surface area contributed by atoms with Crippen molar-refractivity contribution in [3.8, 4) is 11.8 Å². The summed E-state index contributed by atoms with van der Waals surface area (Å²) in [6.45, 7) is 6.66. The molecule has 3 nitrogen and oxygen atoms in total. The Hall–Kier alpha value is -2.60. The van der Waals surface area contributed by atoms with Gasteiger partial charge in [0.25, 0.3) is 0 Å². The van der Waals surface area contributed by atoms with E-state index >= 15 is 0 Å². The fourth-order valence-corrected chi connectivity index (χ4v) is 5.28. The summed E-state index contributed by atoms with van der Waals surface area (Å²) in [6.07, 6.45) is 14.9. The topological polar surface area (TPSA) is 50.1 Å². The molecule has 0 spiro atoms. The molecule has 0 heterocycles. The predicted molar refractivity (Wildman–Crippen MR) is 148 cm³/mol. The minimum atomic E-state index is -0.186. The number of carbonyl (C=O) groups is 1. The van der Waals surface area contributed by atoms with E-state index in [4.69, 9.17) is 4.74 Å². The first kappa shape index (κ1) is 28.0. The number of nitrogens with zero attached hydrogens (tertiary/aromatic N) is 1. The van der Waals surface area contributed by atoms with Crippen LogP contribution in [0.4, 0.5) is 0 Å². The summed E-state index contributed by atoms with van der Waals surface area (Å²) in [5.74, 6) is 1.27. The Morgan fingerprint density at radius 2 is 1.58 bits per heavy atom. The summed E-state index contributed by atoms with van der Waals surface area (Å²) >= 11 is 0. The fraction of sp³-hybridized carbons (Fsp3) is 0.576. The zero-order valence-electron chi connectivity index (χ0n) is 22.7. The van der Waals surface area contributed by atoms with Crippen LogP contribution in [0, 0.1) is 23.2 Å². The van der Waals surface area contributed by atoms with Gasteiger partial charge in [-0.25, -0.2) is 0 Å². The molecule has 0 radical (unpaired) electrons. The maximum Gasteiger partial charge on any atom is 0.314 e. The van der Waals surface area contributed by atoms with Crippen molar-refractivity contribution in [2.75, 3.05) is 0 Å². The quantitative estimate of drug-likeness (QED) is 0.161. The molecule has 1 aliphatic carbocycles. The number of unbranched alkanes of at least 4 members (excludes halogenated alkanes) is 5. The molecule has 0 saturated heterocycles. The van der Waals surface area contributed by atoms with Gasteiger partial charge in [0.15, 0.2) is 0 Å². The third-order valence-electron chi connectivity index (χ3n) is 7.72. The Bertz CT molecular complexity index is 978. The lowest BCUT2D eigenvalue weighted by Crippen LogP contribution is -2.25. The number of carbonyl (C=O) groups excluding carboxylic acids is 1. The maximum atomic E-state index is 12.9. The molecule has 1 fully saturated rings. The summed E-state index contributed by atoms with van der Waals surface area (Å²) in [6, 6.07) is 17.1. The molecule has 0 amide bonds. The highest BCUT2D eigenvalue weighted by Gasteiger charge is 2.29. The van der Waals surface area contributed by atoms with Crippen LogP contribution in [0.1, 0.15) is 120 Å². The zero-order valence-corrected chi connectivity index (χ0v) is 22.7. The van der Waals surface area contributed by atoms with E-state index in [0.717, 1.165) is 44.1 Å². The second-order valence-electron chi connectivity index (χ2n) is 11.1. The minimum absolute atomic E-state index is 0.0830. The molecule has 0 N–H and O–H groups in total. The molecule has 194 valence electrons. The molecule has 0 aromatic heterocycles. The summed E-state index contributed by atoms with van der Waals surface area (Å²) < 4.78 is 5.72. The van der Waals surface area contributed by atoms with Crippen LogP contribution < -0.4 is 4.74 Å². The van der Waals surface area contributed by atoms with Gasteiger partial charge in [0, 0.05) is 0 Å². The summed E-state index contributed by atoms with van der Waals surface area (Å²) in [5, 5.41) is 9.57. The van der Waals surface area contributed by atoms with E-state index in [0.29, 0.717) is 23.1 Å². The van der Waals surface area contributed by atoms with Crippen LogP contribution in [0.5, 0.6) is 5.75 Å². The highest BCUT2D eigenvalue weighted by atomic mass is 16.5. The Kier molecular flexibility index (Phi) is 11.5. The van der Waals surface area contributed by atoms with Crippen LogP contribution in [-0.4, -0.2) is 5.97 Å². The predicted octanol–water partition coefficient (Wildman–Crippen LogP) is 8.93. The van der Waals surface area contributed by atoms with Crippen molar-refractivity contribution in [2.24, 2.45) is 11.8 Å². The van der Waals surface area contributed by atoms with E-state index in [-0.39, 0.29) is 11.9 Å². The average Bonchev–Trinajstić information content (AvgIpc) is 2.90. The third-order valence-corrected chi connectivity index (χ3v) is 7.72. The lowest BCUT2D eigenvalue weighted by molar-refractivity contribution is -0.140. The molecular weight excluding hydrogens is 442 g/mol. The molecule has 36 heavy (non-hydrogen) atoms. The number of ether oxygens (including phenoxy) is 1. The number of benzene rings is 2. The van der Waals surface area contributed by atoms with Crippen molar-refractivity contribution in [3.05, 3.63) is 64.7 Å². The Labute approximate surface area is 219 Å². The van der Waals surface area contributed by atoms with Gasteiger partial charge in [0.2, 0.25) is 0 Å². The minimum Gasteiger partial charge on any atom is -0.425 e. The van der Waals surface area contributed by atoms with Crippen LogP contribution >= 0.6 is 0 Å². The van der Waals surface area contributed by atoms with Gasteiger partial charge in [0.1, 0.15) is 11.8 Å². The van der Waals surface area contributed by atoms with E-state index in [2.05, 4.69) is 51.1 Å². The Morgan fingerprint density at radius 1 is 0.917 bits per heavy atom. The van der Waals surface area contributed by atoms with Crippen molar-refractivity contribution in [2.45, 2.75) is 110 Å². The smallest absolute Gasteiger partial charge is 0.314 e. The lowest BCUT2D eigenvalue weighted by atomic mass is 9.78. The first-order valence-electron chi connectivity index (χ1n) is 14.3. The van der Waals surface area contributed by atoms with Crippen LogP contribution in [0.2, 0.25) is 0 Å². The highest BCUT2D eigenvalue weighted by Crippen LogP contribution is 2.37. The standard InChI is InChI=1S/C33H45NO2/c1-4-5-6-7-8-9-10-26-13-16-28(17-14-26)29-18-20-30(21-19-29)33(35)36-32-22-15-27(12-11-25(2)3)23-31(32)24-34/h13-17,22-23,25,29-30H,4-12,18-21H2,1-3H3. The van der Waals surface area contributed by atoms with E-state index in [9.17, 15) is 10.1 Å². The number of esters is 1. The molecule has 1 saturated carbocycles. The van der Waals surface area contributed by atoms with Crippen LogP contribution in [0.3, 0.4) is 0 Å². The average molecular weight is 488 g/mol. The van der Waals surface area contributed by atoms with Crippen molar-refractivity contribution >= 4 is 5.97 Å². The van der Waals surface area contributed by atoms with Crippen molar-refractivity contribution in [3.63, 3.8) is 0 Å². The molecule has 3 rings (SSSR count). The van der Waals surface area contributed by atoms with E-state index in [1.807, 2.05) is 12.1 Å². The van der Waals surface area contributed by atoms with Crippen molar-refractivity contribution < 1.29 is 9.53 Å². The number of aryl methyl sites for hydroxylation is 2. The summed E-state index contributed by atoms with van der Waals surface area (Å²) in [5.41, 5.74) is 4.42. The van der Waals surface area contributed by atoms with Crippen LogP contribution in [0.15, 0.2) is 42.5 Å². The van der Waals surface area contributed by atoms with Gasteiger partial charge in [-0.15, -0.1) is 0 Å². The normalized spacial score (nSPS) is 17.6. The first-order chi connectivity index (χ1) is 17.5. The van der Waals surface area contributed by atoms with Gasteiger partial charge in [-0.3, -0.25) is 4.79 Å². The second-order valence-corrected chi connectivity index (χ2v) is 11.1. The first-order valence-corrected chi connectivity index (χ1v) is 14.3. The van der Waals surface area contributed by atoms with Gasteiger partial charge in [0.05, 0.1) is 11.5 Å². The molecule has 2 aromatic carbocycles. The molecule has 0 atom stereocenters. The number of hydrogen-bond acceptors (Lipinski definition) is 3. The summed E-state index contributed by atoms with van der Waals surface area (Å²) in [7, 11) is 0. The van der Waals surface area contributed by atoms with Gasteiger partial charge in [-0.05, 0) is 92.0 Å². The SMILES string of the molecule is CCCCCCCCc1ccc(C2CCC(C(=O)Oc3ccc(CCC(C)C)cc3C#N)CC2)cc1. The largest absolute Gasteiger partial charge is 0.425 e. The molecule has 2 aromatic rings. The fourth-order valence-electron chi connectivity index (χ4n) is 5.28. The summed E-state index contributed by atoms with van der Waals surface area (Å²) in [4.78, 5) is 12.9. The van der Waals surface area contributed by atoms with E-state index < -0.39 is 0 Å². The van der Waals surface area contributed by atoms with Crippen LogP contribution in [0.25, 0.3) is 0 Å².